The Morgan fingerprint density at radius 3 is 2.52 bits per heavy atom. The van der Waals surface area contributed by atoms with Crippen molar-refractivity contribution >= 4 is 16.9 Å². The zero-order chi connectivity index (χ0) is 20.2. The van der Waals surface area contributed by atoms with Crippen molar-refractivity contribution in [3.05, 3.63) is 75.7 Å². The van der Waals surface area contributed by atoms with Crippen LogP contribution in [-0.4, -0.2) is 32.6 Å². The average molecular weight is 392 g/mol. The lowest BCUT2D eigenvalue weighted by molar-refractivity contribution is 0.256. The van der Waals surface area contributed by atoms with Gasteiger partial charge < -0.3 is 15.4 Å². The Labute approximate surface area is 164 Å². The highest BCUT2D eigenvalue weighted by atomic mass is 16.3. The molecule has 1 saturated heterocycles. The lowest BCUT2D eigenvalue weighted by Gasteiger charge is -2.10. The van der Waals surface area contributed by atoms with Crippen LogP contribution in [0.2, 0.25) is 0 Å². The van der Waals surface area contributed by atoms with E-state index in [4.69, 9.17) is 5.11 Å². The highest BCUT2D eigenvalue weighted by Gasteiger charge is 2.19. The Hall–Kier alpha value is -3.88. The van der Waals surface area contributed by atoms with Crippen molar-refractivity contribution in [2.45, 2.75) is 12.8 Å². The molecule has 9 heteroatoms. The van der Waals surface area contributed by atoms with E-state index in [0.29, 0.717) is 0 Å². The van der Waals surface area contributed by atoms with Crippen LogP contribution in [-0.2, 0) is 0 Å². The van der Waals surface area contributed by atoms with Crippen LogP contribution >= 0.6 is 0 Å². The molecule has 3 aromatic rings. The molecule has 0 saturated carbocycles. The summed E-state index contributed by atoms with van der Waals surface area (Å²) in [5.41, 5.74) is 2.47. The third-order valence-electron chi connectivity index (χ3n) is 4.71. The molecule has 1 aromatic carbocycles. The van der Waals surface area contributed by atoms with Crippen LogP contribution in [0.4, 0.5) is 4.79 Å². The Bertz CT molecular complexity index is 1210. The third-order valence-corrected chi connectivity index (χ3v) is 4.71. The van der Waals surface area contributed by atoms with Crippen molar-refractivity contribution in [3.8, 4) is 5.88 Å². The van der Waals surface area contributed by atoms with Crippen molar-refractivity contribution in [1.82, 2.24) is 20.3 Å². The summed E-state index contributed by atoms with van der Waals surface area (Å²) in [6.07, 6.45) is 9.17. The third kappa shape index (κ3) is 4.34. The number of amides is 2. The van der Waals surface area contributed by atoms with Gasteiger partial charge in [-0.25, -0.2) is 9.59 Å². The number of aromatic hydroxyl groups is 1. The number of aromatic amines is 3. The SMILES string of the molecule is C1=CCC2CCNC2=C1.O=C1N=c2[nH]c(=O)[nH]c2=N1.Oc1cc2ccccc2[nH]1. The summed E-state index contributed by atoms with van der Waals surface area (Å²) in [6.45, 7) is 1.18. The summed E-state index contributed by atoms with van der Waals surface area (Å²) >= 11 is 0. The quantitative estimate of drug-likeness (QED) is 0.394. The van der Waals surface area contributed by atoms with Crippen LogP contribution in [0.5, 0.6) is 5.88 Å². The van der Waals surface area contributed by atoms with Crippen LogP contribution in [0.1, 0.15) is 12.8 Å². The number of carbonyl (C=O) groups is 1. The second kappa shape index (κ2) is 8.01. The summed E-state index contributed by atoms with van der Waals surface area (Å²) in [6, 6.07) is 8.86. The maximum absolute atomic E-state index is 10.5. The van der Waals surface area contributed by atoms with E-state index in [1.165, 1.54) is 25.1 Å². The molecule has 148 valence electrons. The predicted octanol–water partition coefficient (Wildman–Crippen LogP) is 1.39. The van der Waals surface area contributed by atoms with E-state index < -0.39 is 11.7 Å². The highest BCUT2D eigenvalue weighted by molar-refractivity contribution is 5.81. The molecule has 1 unspecified atom stereocenters. The van der Waals surface area contributed by atoms with E-state index in [9.17, 15) is 9.59 Å². The molecule has 1 aliphatic carbocycles. The average Bonchev–Trinajstić information content (AvgIpc) is 3.44. The number of nitrogens with zero attached hydrogens (tertiary/aromatic N) is 2. The van der Waals surface area contributed by atoms with Gasteiger partial charge in [0.15, 0.2) is 16.9 Å². The molecule has 2 amide bonds. The van der Waals surface area contributed by atoms with Gasteiger partial charge in [0.2, 0.25) is 0 Å². The smallest absolute Gasteiger partial charge is 0.371 e. The van der Waals surface area contributed by atoms with Gasteiger partial charge in [-0.1, -0.05) is 30.4 Å². The number of hydrogen-bond acceptors (Lipinski definition) is 4. The van der Waals surface area contributed by atoms with Gasteiger partial charge in [0, 0.05) is 35.1 Å². The lowest BCUT2D eigenvalue weighted by atomic mass is 9.97. The fourth-order valence-corrected chi connectivity index (χ4v) is 3.35. The first-order valence-corrected chi connectivity index (χ1v) is 9.25. The normalized spacial score (nSPS) is 18.1. The largest absolute Gasteiger partial charge is 0.495 e. The minimum absolute atomic E-state index is 0.218. The van der Waals surface area contributed by atoms with E-state index in [-0.39, 0.29) is 16.9 Å². The molecule has 0 bridgehead atoms. The molecule has 1 fully saturated rings. The van der Waals surface area contributed by atoms with E-state index >= 15 is 0 Å². The minimum atomic E-state index is -0.586. The second-order valence-corrected chi connectivity index (χ2v) is 6.72. The van der Waals surface area contributed by atoms with Gasteiger partial charge in [0.1, 0.15) is 0 Å². The van der Waals surface area contributed by atoms with Crippen molar-refractivity contribution in [1.29, 1.82) is 0 Å². The van der Waals surface area contributed by atoms with Gasteiger partial charge in [-0.3, -0.25) is 9.97 Å². The number of allylic oxidation sites excluding steroid dienone is 4. The first-order valence-electron chi connectivity index (χ1n) is 9.25. The van der Waals surface area contributed by atoms with Gasteiger partial charge in [-0.2, -0.15) is 9.98 Å². The van der Waals surface area contributed by atoms with Gasteiger partial charge in [-0.15, -0.1) is 0 Å². The molecule has 9 nitrogen and oxygen atoms in total. The number of para-hydroxylation sites is 1. The first-order chi connectivity index (χ1) is 14.1. The molecule has 3 aliphatic rings. The molecule has 0 spiro atoms. The molecule has 6 rings (SSSR count). The van der Waals surface area contributed by atoms with Crippen molar-refractivity contribution in [3.63, 3.8) is 0 Å². The van der Waals surface area contributed by atoms with Crippen LogP contribution in [0.3, 0.4) is 0 Å². The van der Waals surface area contributed by atoms with Gasteiger partial charge in [-0.05, 0) is 25.0 Å². The van der Waals surface area contributed by atoms with Gasteiger partial charge in [0.25, 0.3) is 0 Å². The number of hydrogen-bond donors (Lipinski definition) is 5. The van der Waals surface area contributed by atoms with Crippen molar-refractivity contribution in [2.24, 2.45) is 15.9 Å². The van der Waals surface area contributed by atoms with E-state index in [0.717, 1.165) is 16.8 Å². The maximum atomic E-state index is 10.5. The fraction of sp³-hybridized carbons (Fsp3) is 0.200. The van der Waals surface area contributed by atoms with Gasteiger partial charge >= 0.3 is 11.7 Å². The van der Waals surface area contributed by atoms with Crippen LogP contribution in [0.15, 0.2) is 69.0 Å². The highest BCUT2D eigenvalue weighted by Crippen LogP contribution is 2.25. The van der Waals surface area contributed by atoms with E-state index in [1.54, 1.807) is 6.07 Å². The second-order valence-electron chi connectivity index (χ2n) is 6.72. The summed E-state index contributed by atoms with van der Waals surface area (Å²) in [7, 11) is 0. The first kappa shape index (κ1) is 18.5. The number of nitrogens with one attached hydrogen (secondary N) is 4. The van der Waals surface area contributed by atoms with Crippen molar-refractivity contribution in [2.75, 3.05) is 6.54 Å². The topological polar surface area (TPSA) is 138 Å². The molecule has 0 radical (unpaired) electrons. The number of fused-ring (bicyclic) bond motifs is 3. The predicted molar refractivity (Wildman–Crippen MR) is 107 cm³/mol. The van der Waals surface area contributed by atoms with Gasteiger partial charge in [0.05, 0.1) is 0 Å². The molecule has 2 aliphatic heterocycles. The Morgan fingerprint density at radius 2 is 1.79 bits per heavy atom. The molecule has 4 heterocycles. The fourth-order valence-electron chi connectivity index (χ4n) is 3.35. The Balaban J connectivity index is 0.000000106. The number of H-pyrrole nitrogens is 3. The Kier molecular flexibility index (Phi) is 5.10. The summed E-state index contributed by atoms with van der Waals surface area (Å²) in [5.74, 6) is 1.05. The number of carbonyl (C=O) groups excluding carboxylic acids is 1. The number of benzene rings is 1. The number of aromatic nitrogens is 3. The van der Waals surface area contributed by atoms with Crippen LogP contribution < -0.4 is 22.0 Å². The zero-order valence-electron chi connectivity index (χ0n) is 15.5. The molecule has 29 heavy (non-hydrogen) atoms. The minimum Gasteiger partial charge on any atom is -0.495 e. The summed E-state index contributed by atoms with van der Waals surface area (Å²) < 4.78 is 0. The van der Waals surface area contributed by atoms with Crippen molar-refractivity contribution < 1.29 is 9.90 Å². The summed E-state index contributed by atoms with van der Waals surface area (Å²) in [5, 5.41) is 13.4. The number of urea groups is 1. The van der Waals surface area contributed by atoms with Crippen LogP contribution in [0, 0.1) is 5.92 Å². The monoisotopic (exact) mass is 392 g/mol. The molecule has 2 aromatic heterocycles. The van der Waals surface area contributed by atoms with E-state index in [1.807, 2.05) is 24.3 Å². The lowest BCUT2D eigenvalue weighted by Crippen LogP contribution is -2.20. The van der Waals surface area contributed by atoms with Crippen LogP contribution in [0.25, 0.3) is 10.9 Å². The standard InChI is InChI=1S/C8H7NO.C8H11N.C4H2N4O2/c10-8-5-6-3-1-2-4-7(6)9-8;1-2-4-8-7(3-1)5-6-9-8;9-3-5-1-2(7-3)8-4(10)6-1/h1-5,9-10H;1-2,4,7,9H,3,5-6H2;(H2,5,6,7,8,9,10). The molecule has 1 atom stereocenters. The zero-order valence-corrected chi connectivity index (χ0v) is 15.5. The molecular weight excluding hydrogens is 372 g/mol. The number of imidazole rings is 1. The summed E-state index contributed by atoms with van der Waals surface area (Å²) in [4.78, 5) is 35.0. The number of rotatable bonds is 0. The molecular formula is C20H20N6O3. The van der Waals surface area contributed by atoms with E-state index in [2.05, 4.69) is 48.5 Å². The molecule has 5 N–H and O–H groups in total. The Morgan fingerprint density at radius 1 is 1.03 bits per heavy atom. The maximum Gasteiger partial charge on any atom is 0.371 e.